The number of imide groups is 1. The van der Waals surface area contributed by atoms with Crippen molar-refractivity contribution in [2.75, 3.05) is 7.05 Å². The first-order valence-corrected chi connectivity index (χ1v) is 6.08. The van der Waals surface area contributed by atoms with E-state index in [1.165, 1.54) is 19.1 Å². The fourth-order valence-electron chi connectivity index (χ4n) is 1.59. The van der Waals surface area contributed by atoms with Crippen molar-refractivity contribution in [2.24, 2.45) is 5.73 Å². The number of nitrogens with two attached hydrogens (primary N) is 1. The minimum atomic E-state index is -0.980. The van der Waals surface area contributed by atoms with Gasteiger partial charge in [-0.2, -0.15) is 0 Å². The van der Waals surface area contributed by atoms with Crippen molar-refractivity contribution in [1.29, 1.82) is 0 Å². The van der Waals surface area contributed by atoms with E-state index in [0.29, 0.717) is 5.56 Å². The first-order chi connectivity index (χ1) is 9.35. The monoisotopic (exact) mass is 283 g/mol. The van der Waals surface area contributed by atoms with E-state index >= 15 is 0 Å². The molecule has 0 aromatic heterocycles. The topological polar surface area (TPSA) is 93.4 Å². The van der Waals surface area contributed by atoms with Crippen molar-refractivity contribution < 1.29 is 18.7 Å². The molecule has 2 unspecified atom stereocenters. The lowest BCUT2D eigenvalue weighted by atomic mass is 10.1. The molecule has 7 heteroatoms. The standard InChI is InChI=1S/C13H18FN3O3/c1-7(16-3)10-5-4-9(14)6-11(10)20-8(2)12(18)17-13(15)19/h4-8,16H,1-3H3,(H3,15,17,18,19). The average Bonchev–Trinajstić information content (AvgIpc) is 2.37. The number of carbonyl (C=O) groups is 2. The van der Waals surface area contributed by atoms with Crippen LogP contribution in [0, 0.1) is 5.82 Å². The molecule has 0 saturated carbocycles. The smallest absolute Gasteiger partial charge is 0.318 e. The Morgan fingerprint density at radius 2 is 2.00 bits per heavy atom. The molecular formula is C13H18FN3O3. The summed E-state index contributed by atoms with van der Waals surface area (Å²) >= 11 is 0. The van der Waals surface area contributed by atoms with Crippen molar-refractivity contribution in [2.45, 2.75) is 26.0 Å². The minimum Gasteiger partial charge on any atom is -0.480 e. The fraction of sp³-hybridized carbons (Fsp3) is 0.385. The van der Waals surface area contributed by atoms with E-state index in [-0.39, 0.29) is 11.8 Å². The molecule has 0 heterocycles. The summed E-state index contributed by atoms with van der Waals surface area (Å²) < 4.78 is 18.7. The number of nitrogens with one attached hydrogen (secondary N) is 2. The van der Waals surface area contributed by atoms with Crippen LogP contribution in [0.15, 0.2) is 18.2 Å². The van der Waals surface area contributed by atoms with Crippen LogP contribution >= 0.6 is 0 Å². The van der Waals surface area contributed by atoms with E-state index in [9.17, 15) is 14.0 Å². The van der Waals surface area contributed by atoms with Crippen LogP contribution in [0.2, 0.25) is 0 Å². The third-order valence-corrected chi connectivity index (χ3v) is 2.79. The summed E-state index contributed by atoms with van der Waals surface area (Å²) in [4.78, 5) is 22.2. The molecule has 3 amide bonds. The summed E-state index contributed by atoms with van der Waals surface area (Å²) in [5.41, 5.74) is 5.55. The van der Waals surface area contributed by atoms with E-state index in [1.807, 2.05) is 12.2 Å². The van der Waals surface area contributed by atoms with Crippen LogP contribution in [0.25, 0.3) is 0 Å². The van der Waals surface area contributed by atoms with Gasteiger partial charge in [-0.1, -0.05) is 6.07 Å². The number of ether oxygens (including phenoxy) is 1. The second-order valence-corrected chi connectivity index (χ2v) is 4.31. The summed E-state index contributed by atoms with van der Waals surface area (Å²) in [5.74, 6) is -0.932. The highest BCUT2D eigenvalue weighted by atomic mass is 19.1. The number of primary amides is 1. The van der Waals surface area contributed by atoms with Crippen LogP contribution in [0.1, 0.15) is 25.5 Å². The van der Waals surface area contributed by atoms with Gasteiger partial charge < -0.3 is 15.8 Å². The molecule has 0 radical (unpaired) electrons. The Labute approximate surface area is 116 Å². The van der Waals surface area contributed by atoms with E-state index in [2.05, 4.69) is 5.32 Å². The number of hydrogen-bond donors (Lipinski definition) is 3. The predicted molar refractivity (Wildman–Crippen MR) is 71.7 cm³/mol. The zero-order chi connectivity index (χ0) is 15.3. The molecule has 20 heavy (non-hydrogen) atoms. The first kappa shape index (κ1) is 15.9. The Kier molecular flexibility index (Phi) is 5.45. The third-order valence-electron chi connectivity index (χ3n) is 2.79. The molecule has 0 spiro atoms. The maximum Gasteiger partial charge on any atom is 0.318 e. The van der Waals surface area contributed by atoms with Gasteiger partial charge in [-0.05, 0) is 27.0 Å². The maximum absolute atomic E-state index is 13.3. The Bertz CT molecular complexity index is 508. The van der Waals surface area contributed by atoms with Crippen LogP contribution in [0.3, 0.4) is 0 Å². The summed E-state index contributed by atoms with van der Waals surface area (Å²) in [5, 5.41) is 4.90. The van der Waals surface area contributed by atoms with Gasteiger partial charge in [0, 0.05) is 17.7 Å². The highest BCUT2D eigenvalue weighted by molar-refractivity contribution is 5.95. The number of benzene rings is 1. The summed E-state index contributed by atoms with van der Waals surface area (Å²) in [6, 6.07) is 3.02. The Morgan fingerprint density at radius 3 is 2.55 bits per heavy atom. The molecule has 110 valence electrons. The summed E-state index contributed by atoms with van der Waals surface area (Å²) in [6.45, 7) is 3.31. The molecule has 1 aromatic carbocycles. The van der Waals surface area contributed by atoms with Crippen molar-refractivity contribution in [3.05, 3.63) is 29.6 Å². The van der Waals surface area contributed by atoms with Crippen LogP contribution in [-0.4, -0.2) is 25.1 Å². The van der Waals surface area contributed by atoms with E-state index in [4.69, 9.17) is 10.5 Å². The second-order valence-electron chi connectivity index (χ2n) is 4.31. The number of carbonyl (C=O) groups excluding carboxylic acids is 2. The van der Waals surface area contributed by atoms with Crippen LogP contribution in [-0.2, 0) is 4.79 Å². The molecule has 0 aliphatic heterocycles. The number of urea groups is 1. The van der Waals surface area contributed by atoms with E-state index in [1.54, 1.807) is 13.1 Å². The van der Waals surface area contributed by atoms with Crippen molar-refractivity contribution in [3.63, 3.8) is 0 Å². The molecule has 0 aliphatic rings. The molecule has 1 rings (SSSR count). The molecule has 0 fully saturated rings. The van der Waals surface area contributed by atoms with Gasteiger partial charge in [0.2, 0.25) is 0 Å². The van der Waals surface area contributed by atoms with Crippen molar-refractivity contribution >= 4 is 11.9 Å². The SMILES string of the molecule is CNC(C)c1ccc(F)cc1OC(C)C(=O)NC(N)=O. The maximum atomic E-state index is 13.3. The lowest BCUT2D eigenvalue weighted by Gasteiger charge is -2.19. The minimum absolute atomic E-state index is 0.0861. The fourth-order valence-corrected chi connectivity index (χ4v) is 1.59. The van der Waals surface area contributed by atoms with Crippen LogP contribution in [0.4, 0.5) is 9.18 Å². The van der Waals surface area contributed by atoms with Gasteiger partial charge in [-0.25, -0.2) is 9.18 Å². The third kappa shape index (κ3) is 4.20. The molecule has 6 nitrogen and oxygen atoms in total. The number of halogens is 1. The summed E-state index contributed by atoms with van der Waals surface area (Å²) in [6.07, 6.45) is -0.980. The largest absolute Gasteiger partial charge is 0.480 e. The van der Waals surface area contributed by atoms with E-state index < -0.39 is 23.9 Å². The van der Waals surface area contributed by atoms with Gasteiger partial charge in [0.05, 0.1) is 0 Å². The molecular weight excluding hydrogens is 265 g/mol. The normalized spacial score (nSPS) is 13.4. The molecule has 0 bridgehead atoms. The zero-order valence-electron chi connectivity index (χ0n) is 11.6. The Morgan fingerprint density at radius 1 is 1.35 bits per heavy atom. The van der Waals surface area contributed by atoms with Gasteiger partial charge in [-0.15, -0.1) is 0 Å². The highest BCUT2D eigenvalue weighted by Crippen LogP contribution is 2.26. The Balaban J connectivity index is 2.92. The van der Waals surface area contributed by atoms with Crippen LogP contribution in [0.5, 0.6) is 5.75 Å². The lowest BCUT2D eigenvalue weighted by Crippen LogP contribution is -2.42. The molecule has 0 saturated heterocycles. The quantitative estimate of drug-likeness (QED) is 0.753. The van der Waals surface area contributed by atoms with E-state index in [0.717, 1.165) is 0 Å². The molecule has 1 aromatic rings. The number of amides is 3. The van der Waals surface area contributed by atoms with Gasteiger partial charge in [0.1, 0.15) is 11.6 Å². The van der Waals surface area contributed by atoms with Gasteiger partial charge in [0.25, 0.3) is 5.91 Å². The highest BCUT2D eigenvalue weighted by Gasteiger charge is 2.19. The Hall–Kier alpha value is -2.15. The predicted octanol–water partition coefficient (Wildman–Crippen LogP) is 1.07. The van der Waals surface area contributed by atoms with Gasteiger partial charge in [-0.3, -0.25) is 10.1 Å². The van der Waals surface area contributed by atoms with Gasteiger partial charge in [0.15, 0.2) is 6.10 Å². The second kappa shape index (κ2) is 6.85. The number of rotatable bonds is 5. The van der Waals surface area contributed by atoms with Gasteiger partial charge >= 0.3 is 6.03 Å². The van der Waals surface area contributed by atoms with Crippen LogP contribution < -0.4 is 21.1 Å². The first-order valence-electron chi connectivity index (χ1n) is 6.08. The average molecular weight is 283 g/mol. The number of hydrogen-bond acceptors (Lipinski definition) is 4. The zero-order valence-corrected chi connectivity index (χ0v) is 11.6. The summed E-state index contributed by atoms with van der Waals surface area (Å²) in [7, 11) is 1.75. The molecule has 0 aliphatic carbocycles. The lowest BCUT2D eigenvalue weighted by molar-refractivity contribution is -0.126. The van der Waals surface area contributed by atoms with Crippen molar-refractivity contribution in [1.82, 2.24) is 10.6 Å². The molecule has 2 atom stereocenters. The molecule has 4 N–H and O–H groups in total. The van der Waals surface area contributed by atoms with Crippen molar-refractivity contribution in [3.8, 4) is 5.75 Å².